The molecule has 0 bridgehead atoms. The zero-order valence-corrected chi connectivity index (χ0v) is 14.8. The third-order valence-electron chi connectivity index (χ3n) is 3.19. The Balaban J connectivity index is 2.19. The van der Waals surface area contributed by atoms with Crippen LogP contribution in [0.2, 0.25) is 0 Å². The van der Waals surface area contributed by atoms with Crippen LogP contribution in [0, 0.1) is 0 Å². The first kappa shape index (κ1) is 18.5. The first-order valence-corrected chi connectivity index (χ1v) is 8.76. The number of amides is 2. The van der Waals surface area contributed by atoms with E-state index in [9.17, 15) is 13.2 Å². The highest BCUT2D eigenvalue weighted by molar-refractivity contribution is 7.90. The number of carbonyl (C=O) groups is 1. The SMILES string of the molecule is CCc1ccccc1S(=O)(=O)NC(=O)Nc1nc(OC)cc(OC)n1. The fourth-order valence-electron chi connectivity index (χ4n) is 2.03. The van der Waals surface area contributed by atoms with Crippen molar-refractivity contribution in [1.29, 1.82) is 0 Å². The highest BCUT2D eigenvalue weighted by Crippen LogP contribution is 2.18. The molecule has 0 spiro atoms. The van der Waals surface area contributed by atoms with Crippen molar-refractivity contribution >= 4 is 22.0 Å². The van der Waals surface area contributed by atoms with Gasteiger partial charge in [-0.25, -0.2) is 17.9 Å². The normalized spacial score (nSPS) is 10.8. The summed E-state index contributed by atoms with van der Waals surface area (Å²) < 4.78 is 36.6. The second kappa shape index (κ2) is 7.79. The lowest BCUT2D eigenvalue weighted by atomic mass is 10.2. The van der Waals surface area contributed by atoms with E-state index in [0.717, 1.165) is 0 Å². The van der Waals surface area contributed by atoms with Gasteiger partial charge in [0.05, 0.1) is 25.2 Å². The summed E-state index contributed by atoms with van der Waals surface area (Å²) in [5.41, 5.74) is 0.599. The van der Waals surface area contributed by atoms with Crippen molar-refractivity contribution in [3.05, 3.63) is 35.9 Å². The summed E-state index contributed by atoms with van der Waals surface area (Å²) in [5, 5.41) is 2.24. The number of nitrogens with zero attached hydrogens (tertiary/aromatic N) is 2. The number of methoxy groups -OCH3 is 2. The van der Waals surface area contributed by atoms with E-state index in [2.05, 4.69) is 15.3 Å². The Morgan fingerprint density at radius 1 is 1.12 bits per heavy atom. The number of aryl methyl sites for hydroxylation is 1. The molecule has 25 heavy (non-hydrogen) atoms. The zero-order chi connectivity index (χ0) is 18.4. The van der Waals surface area contributed by atoms with Crippen molar-refractivity contribution < 1.29 is 22.7 Å². The predicted octanol–water partition coefficient (Wildman–Crippen LogP) is 1.57. The van der Waals surface area contributed by atoms with Gasteiger partial charge in [-0.15, -0.1) is 0 Å². The van der Waals surface area contributed by atoms with E-state index < -0.39 is 16.1 Å². The molecule has 2 rings (SSSR count). The molecule has 0 aliphatic rings. The van der Waals surface area contributed by atoms with Gasteiger partial charge < -0.3 is 9.47 Å². The number of benzene rings is 1. The second-order valence-corrected chi connectivity index (χ2v) is 6.45. The molecule has 134 valence electrons. The van der Waals surface area contributed by atoms with E-state index in [-0.39, 0.29) is 22.6 Å². The molecular formula is C15H18N4O5S. The first-order valence-electron chi connectivity index (χ1n) is 7.28. The zero-order valence-electron chi connectivity index (χ0n) is 13.9. The molecule has 10 heteroatoms. The number of nitrogens with one attached hydrogen (secondary N) is 2. The number of urea groups is 1. The molecule has 1 aromatic heterocycles. The van der Waals surface area contributed by atoms with Crippen LogP contribution in [0.25, 0.3) is 0 Å². The molecule has 0 saturated heterocycles. The standard InChI is InChI=1S/C15H18N4O5S/c1-4-10-7-5-6-8-11(10)25(21,22)19-15(20)18-14-16-12(23-2)9-13(17-14)24-3/h5-9H,4H2,1-3H3,(H2,16,17,18,19,20). The van der Waals surface area contributed by atoms with Crippen LogP contribution in [0.3, 0.4) is 0 Å². The van der Waals surface area contributed by atoms with Crippen LogP contribution in [0.5, 0.6) is 11.8 Å². The van der Waals surface area contributed by atoms with E-state index >= 15 is 0 Å². The second-order valence-electron chi connectivity index (χ2n) is 4.80. The maximum Gasteiger partial charge on any atom is 0.335 e. The van der Waals surface area contributed by atoms with E-state index in [1.807, 2.05) is 11.6 Å². The summed E-state index contributed by atoms with van der Waals surface area (Å²) >= 11 is 0. The van der Waals surface area contributed by atoms with Gasteiger partial charge in [0.1, 0.15) is 0 Å². The van der Waals surface area contributed by atoms with Crippen LogP contribution in [-0.2, 0) is 16.4 Å². The molecule has 9 nitrogen and oxygen atoms in total. The molecule has 0 atom stereocenters. The van der Waals surface area contributed by atoms with E-state index in [4.69, 9.17) is 9.47 Å². The van der Waals surface area contributed by atoms with Gasteiger partial charge in [0.15, 0.2) is 0 Å². The van der Waals surface area contributed by atoms with Gasteiger partial charge in [-0.1, -0.05) is 25.1 Å². The quantitative estimate of drug-likeness (QED) is 0.796. The van der Waals surface area contributed by atoms with Crippen molar-refractivity contribution in [1.82, 2.24) is 14.7 Å². The molecular weight excluding hydrogens is 348 g/mol. The Kier molecular flexibility index (Phi) is 5.75. The Morgan fingerprint density at radius 2 is 1.72 bits per heavy atom. The fraction of sp³-hybridized carbons (Fsp3) is 0.267. The summed E-state index contributed by atoms with van der Waals surface area (Å²) in [6.45, 7) is 1.82. The molecule has 1 heterocycles. The number of rotatable bonds is 6. The van der Waals surface area contributed by atoms with E-state index in [0.29, 0.717) is 12.0 Å². The number of carbonyl (C=O) groups excluding carboxylic acids is 1. The molecule has 0 unspecified atom stereocenters. The van der Waals surface area contributed by atoms with Crippen molar-refractivity contribution in [3.63, 3.8) is 0 Å². The lowest BCUT2D eigenvalue weighted by Crippen LogP contribution is -2.35. The van der Waals surface area contributed by atoms with Gasteiger partial charge in [0, 0.05) is 0 Å². The van der Waals surface area contributed by atoms with E-state index in [1.165, 1.54) is 26.4 Å². The first-order chi connectivity index (χ1) is 11.9. The number of aromatic nitrogens is 2. The number of ether oxygens (including phenoxy) is 2. The molecule has 2 N–H and O–H groups in total. The summed E-state index contributed by atoms with van der Waals surface area (Å²) in [6.07, 6.45) is 0.509. The van der Waals surface area contributed by atoms with Crippen LogP contribution in [0.15, 0.2) is 35.2 Å². The minimum atomic E-state index is -4.03. The Labute approximate surface area is 145 Å². The summed E-state index contributed by atoms with van der Waals surface area (Å²) in [6, 6.07) is 6.84. The van der Waals surface area contributed by atoms with Crippen LogP contribution < -0.4 is 19.5 Å². The highest BCUT2D eigenvalue weighted by atomic mass is 32.2. The van der Waals surface area contributed by atoms with Gasteiger partial charge in [0.2, 0.25) is 17.7 Å². The van der Waals surface area contributed by atoms with Gasteiger partial charge in [-0.3, -0.25) is 5.32 Å². The maximum absolute atomic E-state index is 12.4. The van der Waals surface area contributed by atoms with Crippen molar-refractivity contribution in [3.8, 4) is 11.8 Å². The van der Waals surface area contributed by atoms with Crippen LogP contribution in [-0.4, -0.2) is 38.6 Å². The molecule has 0 radical (unpaired) electrons. The van der Waals surface area contributed by atoms with Crippen molar-refractivity contribution in [2.24, 2.45) is 0 Å². The van der Waals surface area contributed by atoms with Crippen LogP contribution in [0.4, 0.5) is 10.7 Å². The number of sulfonamides is 1. The summed E-state index contributed by atoms with van der Waals surface area (Å²) in [7, 11) is -1.26. The topological polar surface area (TPSA) is 120 Å². The molecule has 2 amide bonds. The molecule has 2 aromatic rings. The Bertz CT molecular complexity index is 848. The average molecular weight is 366 g/mol. The third kappa shape index (κ3) is 4.57. The number of anilines is 1. The van der Waals surface area contributed by atoms with Crippen molar-refractivity contribution in [2.75, 3.05) is 19.5 Å². The monoisotopic (exact) mass is 366 g/mol. The summed E-state index contributed by atoms with van der Waals surface area (Å²) in [5.74, 6) is 0.148. The maximum atomic E-state index is 12.4. The van der Waals surface area contributed by atoms with Gasteiger partial charge in [-0.2, -0.15) is 9.97 Å². The van der Waals surface area contributed by atoms with Gasteiger partial charge in [0.25, 0.3) is 10.0 Å². The lowest BCUT2D eigenvalue weighted by Gasteiger charge is -2.11. The third-order valence-corrected chi connectivity index (χ3v) is 4.62. The molecule has 1 aromatic carbocycles. The minimum absolute atomic E-state index is 0.0387. The predicted molar refractivity (Wildman–Crippen MR) is 90.3 cm³/mol. The fourth-order valence-corrected chi connectivity index (χ4v) is 3.25. The highest BCUT2D eigenvalue weighted by Gasteiger charge is 2.21. The van der Waals surface area contributed by atoms with E-state index in [1.54, 1.807) is 18.2 Å². The Morgan fingerprint density at radius 3 is 2.28 bits per heavy atom. The average Bonchev–Trinajstić information content (AvgIpc) is 2.60. The number of hydrogen-bond donors (Lipinski definition) is 2. The van der Waals surface area contributed by atoms with Gasteiger partial charge in [-0.05, 0) is 18.1 Å². The molecule has 0 fully saturated rings. The smallest absolute Gasteiger partial charge is 0.335 e. The van der Waals surface area contributed by atoms with Crippen molar-refractivity contribution in [2.45, 2.75) is 18.2 Å². The molecule has 0 aliphatic carbocycles. The van der Waals surface area contributed by atoms with Crippen LogP contribution >= 0.6 is 0 Å². The number of hydrogen-bond acceptors (Lipinski definition) is 7. The summed E-state index contributed by atoms with van der Waals surface area (Å²) in [4.78, 5) is 19.9. The van der Waals surface area contributed by atoms with Gasteiger partial charge >= 0.3 is 6.03 Å². The van der Waals surface area contributed by atoms with Crippen LogP contribution in [0.1, 0.15) is 12.5 Å². The minimum Gasteiger partial charge on any atom is -0.481 e. The Hall–Kier alpha value is -2.88. The molecule has 0 aliphatic heterocycles. The lowest BCUT2D eigenvalue weighted by molar-refractivity contribution is 0.256. The largest absolute Gasteiger partial charge is 0.481 e. The molecule has 0 saturated carbocycles.